The molecule has 0 bridgehead atoms. The summed E-state index contributed by atoms with van der Waals surface area (Å²) in [4.78, 5) is 25.3. The van der Waals surface area contributed by atoms with Crippen LogP contribution in [0.2, 0.25) is 5.02 Å². The average molecular weight is 427 g/mol. The fourth-order valence-electron chi connectivity index (χ4n) is 3.12. The molecule has 0 amide bonds. The van der Waals surface area contributed by atoms with Gasteiger partial charge in [-0.2, -0.15) is 0 Å². The highest BCUT2D eigenvalue weighted by atomic mass is 35.5. The van der Waals surface area contributed by atoms with Gasteiger partial charge >= 0.3 is 5.97 Å². The summed E-state index contributed by atoms with van der Waals surface area (Å²) in [6, 6.07) is 13.2. The minimum atomic E-state index is -0.777. The van der Waals surface area contributed by atoms with Crippen LogP contribution in [0.5, 0.6) is 5.75 Å². The molecule has 30 heavy (non-hydrogen) atoms. The van der Waals surface area contributed by atoms with E-state index in [1.54, 1.807) is 6.92 Å². The Morgan fingerprint density at radius 3 is 2.37 bits per heavy atom. The fourth-order valence-corrected chi connectivity index (χ4v) is 3.36. The van der Waals surface area contributed by atoms with Gasteiger partial charge in [0.05, 0.1) is 21.5 Å². The van der Waals surface area contributed by atoms with E-state index in [2.05, 4.69) is 0 Å². The first-order chi connectivity index (χ1) is 14.3. The van der Waals surface area contributed by atoms with Gasteiger partial charge in [0.25, 0.3) is 0 Å². The number of hydrogen-bond donors (Lipinski definition) is 0. The van der Waals surface area contributed by atoms with Crippen molar-refractivity contribution < 1.29 is 22.7 Å². The van der Waals surface area contributed by atoms with Gasteiger partial charge in [0.15, 0.2) is 0 Å². The first kappa shape index (κ1) is 19.8. The van der Waals surface area contributed by atoms with Crippen molar-refractivity contribution in [3.05, 3.63) is 98.9 Å². The maximum atomic E-state index is 13.2. The molecular weight excluding hydrogens is 414 g/mol. The molecular formula is C23H13ClF2O4. The van der Waals surface area contributed by atoms with Crippen LogP contribution in [0.25, 0.3) is 22.1 Å². The molecule has 4 rings (SSSR count). The van der Waals surface area contributed by atoms with Crippen LogP contribution in [0.4, 0.5) is 8.78 Å². The second kappa shape index (κ2) is 7.72. The molecule has 0 spiro atoms. The van der Waals surface area contributed by atoms with Gasteiger partial charge in [0.1, 0.15) is 28.7 Å². The van der Waals surface area contributed by atoms with E-state index < -0.39 is 17.6 Å². The van der Waals surface area contributed by atoms with Crippen LogP contribution < -0.4 is 10.2 Å². The number of halogens is 3. The van der Waals surface area contributed by atoms with Crippen molar-refractivity contribution in [2.75, 3.05) is 0 Å². The molecule has 0 unspecified atom stereocenters. The second-order valence-corrected chi connectivity index (χ2v) is 6.95. The number of esters is 1. The lowest BCUT2D eigenvalue weighted by atomic mass is 10.0. The molecule has 0 aliphatic rings. The van der Waals surface area contributed by atoms with E-state index in [4.69, 9.17) is 20.8 Å². The Labute approximate surface area is 174 Å². The van der Waals surface area contributed by atoms with Gasteiger partial charge in [0.2, 0.25) is 5.43 Å². The molecule has 0 radical (unpaired) electrons. The Morgan fingerprint density at radius 1 is 0.967 bits per heavy atom. The molecule has 1 aromatic heterocycles. The Hall–Kier alpha value is -3.51. The zero-order valence-electron chi connectivity index (χ0n) is 15.5. The van der Waals surface area contributed by atoms with Gasteiger partial charge in [-0.1, -0.05) is 23.7 Å². The SMILES string of the molecule is Cc1oc2cc(OC(=O)c3ccc(F)cc3Cl)ccc2c(=O)c1-c1ccc(F)cc1. The van der Waals surface area contributed by atoms with Gasteiger partial charge in [0, 0.05) is 6.07 Å². The molecule has 1 heterocycles. The lowest BCUT2D eigenvalue weighted by molar-refractivity contribution is 0.0735. The van der Waals surface area contributed by atoms with Crippen molar-refractivity contribution in [2.45, 2.75) is 6.92 Å². The first-order valence-electron chi connectivity index (χ1n) is 8.84. The van der Waals surface area contributed by atoms with Crippen molar-refractivity contribution in [3.63, 3.8) is 0 Å². The standard InChI is InChI=1S/C23H13ClF2O4/c1-12-21(13-2-4-14(25)5-3-13)22(27)18-9-7-16(11-20(18)29-12)30-23(28)17-8-6-15(26)10-19(17)24/h2-11H,1H3. The summed E-state index contributed by atoms with van der Waals surface area (Å²) < 4.78 is 37.4. The third-order valence-corrected chi connectivity index (χ3v) is 4.85. The number of fused-ring (bicyclic) bond motifs is 1. The molecule has 150 valence electrons. The average Bonchev–Trinajstić information content (AvgIpc) is 2.69. The molecule has 0 aliphatic heterocycles. The summed E-state index contributed by atoms with van der Waals surface area (Å²) >= 11 is 5.89. The Bertz CT molecular complexity index is 1340. The smallest absolute Gasteiger partial charge is 0.345 e. The Balaban J connectivity index is 1.71. The molecule has 0 N–H and O–H groups in total. The van der Waals surface area contributed by atoms with E-state index >= 15 is 0 Å². The maximum Gasteiger partial charge on any atom is 0.345 e. The molecule has 3 aromatic carbocycles. The molecule has 4 aromatic rings. The van der Waals surface area contributed by atoms with Gasteiger partial charge in [-0.05, 0) is 55.0 Å². The van der Waals surface area contributed by atoms with E-state index in [-0.39, 0.29) is 32.7 Å². The van der Waals surface area contributed by atoms with E-state index in [9.17, 15) is 18.4 Å². The van der Waals surface area contributed by atoms with Crippen LogP contribution in [-0.2, 0) is 0 Å². The van der Waals surface area contributed by atoms with Crippen LogP contribution in [0.1, 0.15) is 16.1 Å². The summed E-state index contributed by atoms with van der Waals surface area (Å²) in [7, 11) is 0. The minimum absolute atomic E-state index is 0.00227. The molecule has 0 aliphatic carbocycles. The normalized spacial score (nSPS) is 10.9. The molecule has 0 saturated carbocycles. The fraction of sp³-hybridized carbons (Fsp3) is 0.0435. The van der Waals surface area contributed by atoms with Crippen molar-refractivity contribution in [1.29, 1.82) is 0 Å². The molecule has 4 nitrogen and oxygen atoms in total. The van der Waals surface area contributed by atoms with Crippen LogP contribution >= 0.6 is 11.6 Å². The summed E-state index contributed by atoms with van der Waals surface area (Å²) in [6.45, 7) is 1.62. The number of rotatable bonds is 3. The predicted octanol–water partition coefficient (Wildman–Crippen LogP) is 5.92. The van der Waals surface area contributed by atoms with Crippen LogP contribution in [0.15, 0.2) is 69.9 Å². The van der Waals surface area contributed by atoms with Crippen molar-refractivity contribution >= 4 is 28.5 Å². The highest BCUT2D eigenvalue weighted by Gasteiger charge is 2.17. The van der Waals surface area contributed by atoms with Crippen LogP contribution in [-0.4, -0.2) is 5.97 Å². The summed E-state index contributed by atoms with van der Waals surface area (Å²) in [5.74, 6) is -1.29. The number of carbonyl (C=O) groups is 1. The number of hydrogen-bond acceptors (Lipinski definition) is 4. The van der Waals surface area contributed by atoms with Gasteiger partial charge in [-0.15, -0.1) is 0 Å². The maximum absolute atomic E-state index is 13.2. The number of benzene rings is 3. The van der Waals surface area contributed by atoms with Crippen molar-refractivity contribution in [1.82, 2.24) is 0 Å². The molecule has 0 atom stereocenters. The molecule has 0 saturated heterocycles. The van der Waals surface area contributed by atoms with Crippen LogP contribution in [0.3, 0.4) is 0 Å². The Morgan fingerprint density at radius 2 is 1.67 bits per heavy atom. The lowest BCUT2D eigenvalue weighted by Gasteiger charge is -2.09. The van der Waals surface area contributed by atoms with Gasteiger partial charge in [-0.3, -0.25) is 4.79 Å². The topological polar surface area (TPSA) is 56.5 Å². The monoisotopic (exact) mass is 426 g/mol. The van der Waals surface area contributed by atoms with Crippen molar-refractivity contribution in [2.24, 2.45) is 0 Å². The predicted molar refractivity (Wildman–Crippen MR) is 109 cm³/mol. The zero-order chi connectivity index (χ0) is 21.4. The van der Waals surface area contributed by atoms with E-state index in [1.165, 1.54) is 48.5 Å². The number of ether oxygens (including phenoxy) is 1. The third kappa shape index (κ3) is 3.69. The van der Waals surface area contributed by atoms with Gasteiger partial charge < -0.3 is 9.15 Å². The van der Waals surface area contributed by atoms with Crippen molar-refractivity contribution in [3.8, 4) is 16.9 Å². The highest BCUT2D eigenvalue weighted by molar-refractivity contribution is 6.33. The van der Waals surface area contributed by atoms with E-state index in [0.29, 0.717) is 16.9 Å². The highest BCUT2D eigenvalue weighted by Crippen LogP contribution is 2.27. The zero-order valence-corrected chi connectivity index (χ0v) is 16.3. The lowest BCUT2D eigenvalue weighted by Crippen LogP contribution is -2.10. The second-order valence-electron chi connectivity index (χ2n) is 6.54. The largest absolute Gasteiger partial charge is 0.460 e. The van der Waals surface area contributed by atoms with E-state index in [1.807, 2.05) is 0 Å². The van der Waals surface area contributed by atoms with E-state index in [0.717, 1.165) is 12.1 Å². The minimum Gasteiger partial charge on any atom is -0.460 e. The van der Waals surface area contributed by atoms with Gasteiger partial charge in [-0.25, -0.2) is 13.6 Å². The summed E-state index contributed by atoms with van der Waals surface area (Å²) in [6.07, 6.45) is 0. The first-order valence-corrected chi connectivity index (χ1v) is 9.22. The molecule has 7 heteroatoms. The molecule has 0 fully saturated rings. The Kier molecular flexibility index (Phi) is 5.10. The summed E-state index contributed by atoms with van der Waals surface area (Å²) in [5.41, 5.74) is 0.789. The quantitative estimate of drug-likeness (QED) is 0.301. The number of carbonyl (C=O) groups excluding carboxylic acids is 1. The third-order valence-electron chi connectivity index (χ3n) is 4.53. The number of aryl methyl sites for hydroxylation is 1. The van der Waals surface area contributed by atoms with Crippen LogP contribution in [0, 0.1) is 18.6 Å². The summed E-state index contributed by atoms with van der Waals surface area (Å²) in [5, 5.41) is 0.201.